The first kappa shape index (κ1) is 14.0. The quantitative estimate of drug-likeness (QED) is 0.861. The van der Waals surface area contributed by atoms with Crippen molar-refractivity contribution >= 4 is 0 Å². The van der Waals surface area contributed by atoms with Crippen molar-refractivity contribution in [3.63, 3.8) is 0 Å². The lowest BCUT2D eigenvalue weighted by molar-refractivity contribution is 0.423. The fourth-order valence-corrected chi connectivity index (χ4v) is 4.19. The molecule has 3 heteroatoms. The lowest BCUT2D eigenvalue weighted by Crippen LogP contribution is -2.34. The summed E-state index contributed by atoms with van der Waals surface area (Å²) in [5.41, 5.74) is 0.514. The number of hydrogen-bond acceptors (Lipinski definition) is 1. The Balaban J connectivity index is 1.73. The molecule has 0 heterocycles. The van der Waals surface area contributed by atoms with E-state index >= 15 is 0 Å². The van der Waals surface area contributed by atoms with Gasteiger partial charge >= 0.3 is 0 Å². The van der Waals surface area contributed by atoms with Crippen LogP contribution in [-0.4, -0.2) is 12.6 Å². The lowest BCUT2D eigenvalue weighted by Gasteiger charge is -2.19. The highest BCUT2D eigenvalue weighted by Gasteiger charge is 2.53. The molecule has 2 fully saturated rings. The Morgan fingerprint density at radius 2 is 1.90 bits per heavy atom. The number of likely N-dealkylation sites (N-methyl/N-ethyl adjacent to an activating group) is 1. The van der Waals surface area contributed by atoms with E-state index in [9.17, 15) is 8.78 Å². The Labute approximate surface area is 119 Å². The van der Waals surface area contributed by atoms with Crippen LogP contribution in [0.2, 0.25) is 0 Å². The van der Waals surface area contributed by atoms with Crippen LogP contribution in [0.5, 0.6) is 0 Å². The fourth-order valence-electron chi connectivity index (χ4n) is 4.19. The van der Waals surface area contributed by atoms with E-state index in [1.165, 1.54) is 31.7 Å². The molecular formula is C17H23F2N. The van der Waals surface area contributed by atoms with E-state index in [4.69, 9.17) is 0 Å². The van der Waals surface area contributed by atoms with Crippen LogP contribution in [0.1, 0.15) is 38.2 Å². The van der Waals surface area contributed by atoms with Crippen molar-refractivity contribution in [2.24, 2.45) is 17.8 Å². The van der Waals surface area contributed by atoms with E-state index in [2.05, 4.69) is 12.2 Å². The summed E-state index contributed by atoms with van der Waals surface area (Å²) in [6.45, 7) is 2.97. The maximum atomic E-state index is 13.9. The van der Waals surface area contributed by atoms with Gasteiger partial charge < -0.3 is 5.32 Å². The Bertz CT molecular complexity index is 462. The SMILES string of the molecule is CCNC(Cc1cccc(F)c1F)C1C2CCCCC21. The van der Waals surface area contributed by atoms with E-state index in [-0.39, 0.29) is 0 Å². The minimum absolute atomic E-state index is 0.296. The average Bonchev–Trinajstić information content (AvgIpc) is 3.17. The van der Waals surface area contributed by atoms with Crippen LogP contribution in [0, 0.1) is 29.4 Å². The molecule has 0 saturated heterocycles. The summed E-state index contributed by atoms with van der Waals surface area (Å²) < 4.78 is 27.2. The average molecular weight is 279 g/mol. The molecule has 3 rings (SSSR count). The van der Waals surface area contributed by atoms with Crippen molar-refractivity contribution < 1.29 is 8.78 Å². The molecule has 3 atom stereocenters. The summed E-state index contributed by atoms with van der Waals surface area (Å²) >= 11 is 0. The van der Waals surface area contributed by atoms with E-state index in [1.54, 1.807) is 12.1 Å². The van der Waals surface area contributed by atoms with Crippen molar-refractivity contribution in [3.05, 3.63) is 35.4 Å². The molecule has 0 amide bonds. The molecule has 2 saturated carbocycles. The van der Waals surface area contributed by atoms with E-state index < -0.39 is 11.6 Å². The van der Waals surface area contributed by atoms with Crippen LogP contribution in [0.4, 0.5) is 8.78 Å². The number of halogens is 2. The molecule has 1 aromatic carbocycles. The highest BCUT2D eigenvalue weighted by Crippen LogP contribution is 2.57. The number of benzene rings is 1. The molecule has 3 unspecified atom stereocenters. The predicted molar refractivity (Wildman–Crippen MR) is 76.5 cm³/mol. The molecule has 1 aromatic rings. The van der Waals surface area contributed by atoms with Crippen molar-refractivity contribution in [1.29, 1.82) is 0 Å². The van der Waals surface area contributed by atoms with E-state index in [1.807, 2.05) is 0 Å². The van der Waals surface area contributed by atoms with Crippen LogP contribution in [0.25, 0.3) is 0 Å². The van der Waals surface area contributed by atoms with Gasteiger partial charge in [0, 0.05) is 6.04 Å². The van der Waals surface area contributed by atoms with Gasteiger partial charge in [0.05, 0.1) is 0 Å². The van der Waals surface area contributed by atoms with E-state index in [0.717, 1.165) is 18.4 Å². The minimum atomic E-state index is -0.731. The zero-order valence-electron chi connectivity index (χ0n) is 12.0. The van der Waals surface area contributed by atoms with Crippen molar-refractivity contribution in [2.75, 3.05) is 6.54 Å². The van der Waals surface area contributed by atoms with Crippen molar-refractivity contribution in [2.45, 2.75) is 45.1 Å². The third-order valence-corrected chi connectivity index (χ3v) is 5.13. The summed E-state index contributed by atoms with van der Waals surface area (Å²) in [4.78, 5) is 0. The molecule has 20 heavy (non-hydrogen) atoms. The molecule has 2 aliphatic rings. The molecule has 0 spiro atoms. The zero-order chi connectivity index (χ0) is 14.1. The van der Waals surface area contributed by atoms with Crippen molar-refractivity contribution in [1.82, 2.24) is 5.32 Å². The molecule has 1 nitrogen and oxygen atoms in total. The van der Waals surface area contributed by atoms with Crippen LogP contribution in [-0.2, 0) is 6.42 Å². The van der Waals surface area contributed by atoms with Gasteiger partial charge in [-0.3, -0.25) is 0 Å². The molecule has 2 aliphatic carbocycles. The second-order valence-corrected chi connectivity index (χ2v) is 6.27. The van der Waals surface area contributed by atoms with Gasteiger partial charge in [-0.05, 0) is 55.2 Å². The highest BCUT2D eigenvalue weighted by atomic mass is 19.2. The number of nitrogens with one attached hydrogen (secondary N) is 1. The van der Waals surface area contributed by atoms with Gasteiger partial charge in [-0.1, -0.05) is 31.9 Å². The zero-order valence-corrected chi connectivity index (χ0v) is 12.0. The third kappa shape index (κ3) is 2.60. The number of rotatable bonds is 5. The van der Waals surface area contributed by atoms with Crippen LogP contribution in [0.3, 0.4) is 0 Å². The molecular weight excluding hydrogens is 256 g/mol. The summed E-state index contributed by atoms with van der Waals surface area (Å²) in [7, 11) is 0. The van der Waals surface area contributed by atoms with Gasteiger partial charge in [-0.15, -0.1) is 0 Å². The predicted octanol–water partition coefficient (Wildman–Crippen LogP) is 3.92. The first-order valence-corrected chi connectivity index (χ1v) is 7.88. The van der Waals surface area contributed by atoms with Gasteiger partial charge in [0.1, 0.15) is 0 Å². The Morgan fingerprint density at radius 1 is 1.20 bits per heavy atom. The molecule has 0 aromatic heterocycles. The number of hydrogen-bond donors (Lipinski definition) is 1. The lowest BCUT2D eigenvalue weighted by atomic mass is 9.99. The van der Waals surface area contributed by atoms with Gasteiger partial charge in [-0.25, -0.2) is 8.78 Å². The first-order chi connectivity index (χ1) is 9.72. The molecule has 1 N–H and O–H groups in total. The van der Waals surface area contributed by atoms with Gasteiger partial charge in [0.25, 0.3) is 0 Å². The van der Waals surface area contributed by atoms with Gasteiger partial charge in [0.15, 0.2) is 11.6 Å². The Hall–Kier alpha value is -0.960. The van der Waals surface area contributed by atoms with Crippen LogP contribution in [0.15, 0.2) is 18.2 Å². The standard InChI is InChI=1S/C17H23F2N/c1-2-20-15(16-12-7-3-4-8-13(12)16)10-11-6-5-9-14(18)17(11)19/h5-6,9,12-13,15-16,20H,2-4,7-8,10H2,1H3. The normalized spacial score (nSPS) is 29.9. The van der Waals surface area contributed by atoms with E-state index in [0.29, 0.717) is 23.9 Å². The summed E-state index contributed by atoms with van der Waals surface area (Å²) in [5, 5.41) is 3.51. The molecule has 110 valence electrons. The fraction of sp³-hybridized carbons (Fsp3) is 0.647. The maximum Gasteiger partial charge on any atom is 0.162 e. The van der Waals surface area contributed by atoms with Gasteiger partial charge in [-0.2, -0.15) is 0 Å². The Morgan fingerprint density at radius 3 is 2.55 bits per heavy atom. The largest absolute Gasteiger partial charge is 0.314 e. The molecule has 0 radical (unpaired) electrons. The summed E-state index contributed by atoms with van der Waals surface area (Å²) in [6, 6.07) is 4.81. The first-order valence-electron chi connectivity index (χ1n) is 7.88. The van der Waals surface area contributed by atoms with Crippen LogP contribution >= 0.6 is 0 Å². The topological polar surface area (TPSA) is 12.0 Å². The molecule has 0 aliphatic heterocycles. The van der Waals surface area contributed by atoms with Crippen LogP contribution < -0.4 is 5.32 Å². The highest BCUT2D eigenvalue weighted by molar-refractivity contribution is 5.21. The second-order valence-electron chi connectivity index (χ2n) is 6.27. The summed E-state index contributed by atoms with van der Waals surface area (Å²) in [6.07, 6.45) is 5.93. The molecule has 0 bridgehead atoms. The minimum Gasteiger partial charge on any atom is -0.314 e. The number of fused-ring (bicyclic) bond motifs is 1. The Kier molecular flexibility index (Phi) is 4.06. The summed E-state index contributed by atoms with van der Waals surface area (Å²) in [5.74, 6) is 0.916. The third-order valence-electron chi connectivity index (χ3n) is 5.13. The second kappa shape index (κ2) is 5.80. The van der Waals surface area contributed by atoms with Gasteiger partial charge in [0.2, 0.25) is 0 Å². The smallest absolute Gasteiger partial charge is 0.162 e. The van der Waals surface area contributed by atoms with Crippen molar-refractivity contribution in [3.8, 4) is 0 Å². The maximum absolute atomic E-state index is 13.9. The monoisotopic (exact) mass is 279 g/mol.